The van der Waals surface area contributed by atoms with Crippen LogP contribution in [0.3, 0.4) is 0 Å². The van der Waals surface area contributed by atoms with Crippen LogP contribution in [0.5, 0.6) is 5.75 Å². The van der Waals surface area contributed by atoms with E-state index in [1.165, 1.54) is 24.3 Å². The molecule has 106 valence electrons. The smallest absolute Gasteiger partial charge is 0.189 e. The van der Waals surface area contributed by atoms with Gasteiger partial charge in [0.15, 0.2) is 5.78 Å². The SMILES string of the molecule is CC(=C/c1ccccc1)/C=C/C(=O)c1cc(Cl)ccc1O. The number of carbonyl (C=O) groups is 1. The molecule has 0 aromatic heterocycles. The van der Waals surface area contributed by atoms with Gasteiger partial charge in [-0.1, -0.05) is 59.7 Å². The molecule has 1 N–H and O–H groups in total. The lowest BCUT2D eigenvalue weighted by Gasteiger charge is -2.01. The van der Waals surface area contributed by atoms with Crippen molar-refractivity contribution >= 4 is 23.5 Å². The van der Waals surface area contributed by atoms with Gasteiger partial charge in [-0.2, -0.15) is 0 Å². The van der Waals surface area contributed by atoms with Crippen molar-refractivity contribution in [2.45, 2.75) is 6.92 Å². The van der Waals surface area contributed by atoms with Crippen LogP contribution in [0.15, 0.2) is 66.3 Å². The first-order valence-electron chi connectivity index (χ1n) is 6.50. The van der Waals surface area contributed by atoms with E-state index in [4.69, 9.17) is 11.6 Å². The van der Waals surface area contributed by atoms with Gasteiger partial charge < -0.3 is 5.11 Å². The molecule has 0 aliphatic heterocycles. The van der Waals surface area contributed by atoms with Gasteiger partial charge in [0.1, 0.15) is 5.75 Å². The van der Waals surface area contributed by atoms with Gasteiger partial charge in [-0.05, 0) is 36.8 Å². The van der Waals surface area contributed by atoms with Gasteiger partial charge >= 0.3 is 0 Å². The normalized spacial score (nSPS) is 11.8. The maximum Gasteiger partial charge on any atom is 0.189 e. The Bertz CT molecular complexity index is 700. The summed E-state index contributed by atoms with van der Waals surface area (Å²) in [6, 6.07) is 14.3. The third-order valence-corrected chi connectivity index (χ3v) is 3.15. The summed E-state index contributed by atoms with van der Waals surface area (Å²) in [5, 5.41) is 10.1. The minimum Gasteiger partial charge on any atom is -0.507 e. The zero-order valence-corrected chi connectivity index (χ0v) is 12.3. The highest BCUT2D eigenvalue weighted by atomic mass is 35.5. The topological polar surface area (TPSA) is 37.3 Å². The molecule has 0 bridgehead atoms. The molecule has 0 spiro atoms. The number of allylic oxidation sites excluding steroid dienone is 3. The lowest BCUT2D eigenvalue weighted by molar-refractivity contribution is 0.104. The van der Waals surface area contributed by atoms with E-state index in [0.717, 1.165) is 11.1 Å². The van der Waals surface area contributed by atoms with Crippen molar-refractivity contribution in [2.75, 3.05) is 0 Å². The Morgan fingerprint density at radius 3 is 2.52 bits per heavy atom. The third kappa shape index (κ3) is 4.33. The first-order chi connectivity index (χ1) is 10.1. The maximum absolute atomic E-state index is 12.0. The highest BCUT2D eigenvalue weighted by molar-refractivity contribution is 6.31. The monoisotopic (exact) mass is 298 g/mol. The summed E-state index contributed by atoms with van der Waals surface area (Å²) >= 11 is 5.83. The number of phenolic OH excluding ortho intramolecular Hbond substituents is 1. The molecule has 0 saturated heterocycles. The Morgan fingerprint density at radius 1 is 1.10 bits per heavy atom. The van der Waals surface area contributed by atoms with Crippen LogP contribution in [0.4, 0.5) is 0 Å². The van der Waals surface area contributed by atoms with Crippen molar-refractivity contribution in [1.82, 2.24) is 0 Å². The highest BCUT2D eigenvalue weighted by Crippen LogP contribution is 2.22. The number of benzene rings is 2. The molecule has 0 radical (unpaired) electrons. The molecule has 0 aliphatic carbocycles. The molecule has 21 heavy (non-hydrogen) atoms. The molecule has 3 heteroatoms. The van der Waals surface area contributed by atoms with Gasteiger partial charge in [0, 0.05) is 5.02 Å². The molecule has 0 unspecified atom stereocenters. The maximum atomic E-state index is 12.0. The molecule has 2 aromatic rings. The number of carbonyl (C=O) groups excluding carboxylic acids is 1. The molecule has 2 aromatic carbocycles. The molecule has 0 aliphatic rings. The largest absolute Gasteiger partial charge is 0.507 e. The standard InChI is InChI=1S/C18H15ClO2/c1-13(11-14-5-3-2-4-6-14)7-9-17(20)16-12-15(19)8-10-18(16)21/h2-12,21H,1H3/b9-7+,13-11-. The van der Waals surface area contributed by atoms with Gasteiger partial charge in [-0.15, -0.1) is 0 Å². The summed E-state index contributed by atoms with van der Waals surface area (Å²) in [6.45, 7) is 1.91. The Balaban J connectivity index is 2.15. The van der Waals surface area contributed by atoms with Crippen LogP contribution < -0.4 is 0 Å². The second kappa shape index (κ2) is 6.91. The van der Waals surface area contributed by atoms with Gasteiger partial charge in [0.2, 0.25) is 0 Å². The minimum absolute atomic E-state index is 0.0706. The van der Waals surface area contributed by atoms with Crippen molar-refractivity contribution < 1.29 is 9.90 Å². The summed E-state index contributed by atoms with van der Waals surface area (Å²) in [7, 11) is 0. The number of halogens is 1. The van der Waals surface area contributed by atoms with Gasteiger partial charge in [0.05, 0.1) is 5.56 Å². The van der Waals surface area contributed by atoms with Crippen molar-refractivity contribution in [2.24, 2.45) is 0 Å². The molecular formula is C18H15ClO2. The lowest BCUT2D eigenvalue weighted by Crippen LogP contribution is -1.95. The first-order valence-corrected chi connectivity index (χ1v) is 6.88. The Labute approximate surface area is 129 Å². The zero-order chi connectivity index (χ0) is 15.2. The van der Waals surface area contributed by atoms with Crippen LogP contribution in [-0.2, 0) is 0 Å². The minimum atomic E-state index is -0.282. The third-order valence-electron chi connectivity index (χ3n) is 2.92. The van der Waals surface area contributed by atoms with E-state index in [0.29, 0.717) is 5.02 Å². The first kappa shape index (κ1) is 15.1. The summed E-state index contributed by atoms with van der Waals surface area (Å²) in [6.07, 6.45) is 5.12. The van der Waals surface area contributed by atoms with E-state index in [9.17, 15) is 9.90 Å². The van der Waals surface area contributed by atoms with Crippen molar-refractivity contribution in [3.05, 3.63) is 82.4 Å². The fraction of sp³-hybridized carbons (Fsp3) is 0.0556. The summed E-state index contributed by atoms with van der Waals surface area (Å²) < 4.78 is 0. The van der Waals surface area contributed by atoms with Crippen LogP contribution in [0.2, 0.25) is 5.02 Å². The number of hydrogen-bond donors (Lipinski definition) is 1. The van der Waals surface area contributed by atoms with E-state index in [2.05, 4.69) is 0 Å². The van der Waals surface area contributed by atoms with Gasteiger partial charge in [-0.25, -0.2) is 0 Å². The zero-order valence-electron chi connectivity index (χ0n) is 11.6. The van der Waals surface area contributed by atoms with E-state index in [1.54, 1.807) is 6.08 Å². The van der Waals surface area contributed by atoms with Crippen LogP contribution in [0, 0.1) is 0 Å². The van der Waals surface area contributed by atoms with Crippen LogP contribution in [0.25, 0.3) is 6.08 Å². The number of hydrogen-bond acceptors (Lipinski definition) is 2. The lowest BCUT2D eigenvalue weighted by atomic mass is 10.1. The predicted molar refractivity (Wildman–Crippen MR) is 86.7 cm³/mol. The van der Waals surface area contributed by atoms with E-state index < -0.39 is 0 Å². The fourth-order valence-corrected chi connectivity index (χ4v) is 2.03. The van der Waals surface area contributed by atoms with E-state index >= 15 is 0 Å². The second-order valence-electron chi connectivity index (χ2n) is 4.66. The van der Waals surface area contributed by atoms with Crippen LogP contribution >= 0.6 is 11.6 Å². The summed E-state index contributed by atoms with van der Waals surface area (Å²) in [5.74, 6) is -0.352. The summed E-state index contributed by atoms with van der Waals surface area (Å²) in [4.78, 5) is 12.0. The molecule has 0 atom stereocenters. The molecule has 0 heterocycles. The van der Waals surface area contributed by atoms with Crippen molar-refractivity contribution in [3.8, 4) is 5.75 Å². The molecule has 0 amide bonds. The quantitative estimate of drug-likeness (QED) is 0.496. The molecule has 2 rings (SSSR count). The van der Waals surface area contributed by atoms with Crippen molar-refractivity contribution in [1.29, 1.82) is 0 Å². The van der Waals surface area contributed by atoms with Crippen LogP contribution in [-0.4, -0.2) is 10.9 Å². The highest BCUT2D eigenvalue weighted by Gasteiger charge is 2.08. The van der Waals surface area contributed by atoms with Gasteiger partial charge in [-0.3, -0.25) is 4.79 Å². The summed E-state index contributed by atoms with van der Waals surface area (Å²) in [5.41, 5.74) is 2.21. The van der Waals surface area contributed by atoms with Gasteiger partial charge in [0.25, 0.3) is 0 Å². The molecule has 0 saturated carbocycles. The Hall–Kier alpha value is -2.32. The molecule has 2 nitrogen and oxygen atoms in total. The number of ketones is 1. The van der Waals surface area contributed by atoms with E-state index in [1.807, 2.05) is 43.3 Å². The Morgan fingerprint density at radius 2 is 1.81 bits per heavy atom. The fourth-order valence-electron chi connectivity index (χ4n) is 1.86. The van der Waals surface area contributed by atoms with Crippen LogP contribution in [0.1, 0.15) is 22.8 Å². The average molecular weight is 299 g/mol. The molecule has 0 fully saturated rings. The van der Waals surface area contributed by atoms with E-state index in [-0.39, 0.29) is 17.1 Å². The van der Waals surface area contributed by atoms with Crippen molar-refractivity contribution in [3.63, 3.8) is 0 Å². The number of phenols is 1. The number of aromatic hydroxyl groups is 1. The molecular weight excluding hydrogens is 284 g/mol. The Kier molecular flexibility index (Phi) is 4.96. The number of rotatable bonds is 4. The average Bonchev–Trinajstić information content (AvgIpc) is 2.48. The predicted octanol–water partition coefficient (Wildman–Crippen LogP) is 4.89. The second-order valence-corrected chi connectivity index (χ2v) is 5.09.